The molecule has 8 nitrogen and oxygen atoms in total. The lowest BCUT2D eigenvalue weighted by Crippen LogP contribution is -2.49. The van der Waals surface area contributed by atoms with Crippen molar-refractivity contribution in [2.45, 2.75) is 6.54 Å². The van der Waals surface area contributed by atoms with Gasteiger partial charge in [-0.2, -0.15) is 4.68 Å². The molecule has 154 valence electrons. The molecular formula is C23H21N7O. The number of para-hydroxylation sites is 3. The number of rotatable bonds is 2. The molecule has 0 bridgehead atoms. The fraction of sp³-hybridized carbons (Fsp3) is 0.217. The Bertz CT molecular complexity index is 1410. The van der Waals surface area contributed by atoms with Crippen LogP contribution in [0.1, 0.15) is 5.69 Å². The van der Waals surface area contributed by atoms with E-state index in [-0.39, 0.29) is 6.03 Å². The van der Waals surface area contributed by atoms with Crippen LogP contribution in [0.3, 0.4) is 0 Å². The molecule has 1 fully saturated rings. The molecule has 6 rings (SSSR count). The number of benzene rings is 2. The first-order chi connectivity index (χ1) is 15.3. The molecule has 0 radical (unpaired) electrons. The Morgan fingerprint density at radius 1 is 0.806 bits per heavy atom. The number of fused-ring (bicyclic) bond motifs is 4. The fourth-order valence-electron chi connectivity index (χ4n) is 4.36. The number of aromatic nitrogens is 5. The predicted molar refractivity (Wildman–Crippen MR) is 118 cm³/mol. The maximum absolute atomic E-state index is 13.0. The summed E-state index contributed by atoms with van der Waals surface area (Å²) in [5, 5.41) is 8.16. The molecule has 1 aliphatic heterocycles. The lowest BCUT2D eigenvalue weighted by Gasteiger charge is -2.34. The molecule has 8 heteroatoms. The first-order valence-corrected chi connectivity index (χ1v) is 10.4. The highest BCUT2D eigenvalue weighted by Gasteiger charge is 2.25. The minimum atomic E-state index is -0.119. The van der Waals surface area contributed by atoms with E-state index in [4.69, 9.17) is 4.98 Å². The van der Waals surface area contributed by atoms with Gasteiger partial charge < -0.3 is 9.30 Å². The third-order valence-corrected chi connectivity index (χ3v) is 5.99. The van der Waals surface area contributed by atoms with Crippen LogP contribution >= 0.6 is 0 Å². The van der Waals surface area contributed by atoms with Gasteiger partial charge in [0.25, 0.3) is 0 Å². The predicted octanol–water partition coefficient (Wildman–Crippen LogP) is 3.02. The van der Waals surface area contributed by atoms with Crippen molar-refractivity contribution >= 4 is 33.6 Å². The monoisotopic (exact) mass is 411 g/mol. The molecule has 1 aliphatic rings. The highest BCUT2D eigenvalue weighted by Crippen LogP contribution is 2.21. The summed E-state index contributed by atoms with van der Waals surface area (Å²) in [6, 6.07) is 19.8. The number of hydrogen-bond acceptors (Lipinski definition) is 5. The summed E-state index contributed by atoms with van der Waals surface area (Å²) >= 11 is 0. The molecule has 0 unspecified atom stereocenters. The minimum Gasteiger partial charge on any atom is -0.320 e. The van der Waals surface area contributed by atoms with Crippen molar-refractivity contribution in [3.63, 3.8) is 0 Å². The van der Waals surface area contributed by atoms with E-state index < -0.39 is 0 Å². The van der Waals surface area contributed by atoms with Crippen LogP contribution in [0.4, 0.5) is 4.79 Å². The summed E-state index contributed by atoms with van der Waals surface area (Å²) in [6.45, 7) is 3.64. The number of carbonyl (C=O) groups is 1. The van der Waals surface area contributed by atoms with Crippen molar-refractivity contribution < 1.29 is 4.79 Å². The molecule has 4 heterocycles. The first kappa shape index (κ1) is 18.0. The molecule has 1 amide bonds. The first-order valence-electron chi connectivity index (χ1n) is 10.4. The van der Waals surface area contributed by atoms with Crippen molar-refractivity contribution in [2.24, 2.45) is 0 Å². The summed E-state index contributed by atoms with van der Waals surface area (Å²) in [6.07, 6.45) is 2.09. The zero-order valence-electron chi connectivity index (χ0n) is 16.9. The Labute approximate surface area is 178 Å². The molecule has 0 saturated carbocycles. The highest BCUT2D eigenvalue weighted by molar-refractivity contribution is 5.87. The van der Waals surface area contributed by atoms with Gasteiger partial charge in [-0.05, 0) is 36.4 Å². The second kappa shape index (κ2) is 7.17. The van der Waals surface area contributed by atoms with Crippen molar-refractivity contribution in [1.29, 1.82) is 0 Å². The summed E-state index contributed by atoms with van der Waals surface area (Å²) in [5.74, 6) is 0. The van der Waals surface area contributed by atoms with Gasteiger partial charge in [0.1, 0.15) is 5.52 Å². The van der Waals surface area contributed by atoms with E-state index in [2.05, 4.69) is 50.1 Å². The number of piperazine rings is 1. The van der Waals surface area contributed by atoms with E-state index in [1.807, 2.05) is 41.3 Å². The van der Waals surface area contributed by atoms with Gasteiger partial charge >= 0.3 is 6.03 Å². The quantitative estimate of drug-likeness (QED) is 0.447. The van der Waals surface area contributed by atoms with Crippen molar-refractivity contribution in [3.8, 4) is 0 Å². The molecule has 5 aromatic rings. The zero-order valence-corrected chi connectivity index (χ0v) is 16.9. The number of nitrogens with zero attached hydrogens (tertiary/aromatic N) is 7. The molecule has 0 N–H and O–H groups in total. The third kappa shape index (κ3) is 3.03. The molecule has 2 aromatic carbocycles. The van der Waals surface area contributed by atoms with E-state index >= 15 is 0 Å². The van der Waals surface area contributed by atoms with Crippen LogP contribution in [-0.2, 0) is 6.54 Å². The third-order valence-electron chi connectivity index (χ3n) is 5.99. The van der Waals surface area contributed by atoms with E-state index in [1.165, 1.54) is 4.68 Å². The van der Waals surface area contributed by atoms with Crippen LogP contribution in [0, 0.1) is 0 Å². The second-order valence-corrected chi connectivity index (χ2v) is 7.85. The zero-order chi connectivity index (χ0) is 20.8. The van der Waals surface area contributed by atoms with Gasteiger partial charge in [0, 0.05) is 38.9 Å². The molecule has 0 aliphatic carbocycles. The minimum absolute atomic E-state index is 0.119. The Morgan fingerprint density at radius 3 is 2.35 bits per heavy atom. The van der Waals surface area contributed by atoms with Gasteiger partial charge in [-0.25, -0.2) is 9.78 Å². The van der Waals surface area contributed by atoms with E-state index in [9.17, 15) is 4.79 Å². The molecule has 0 atom stereocenters. The van der Waals surface area contributed by atoms with Crippen molar-refractivity contribution in [1.82, 2.24) is 34.2 Å². The Morgan fingerprint density at radius 2 is 1.52 bits per heavy atom. The molecule has 1 saturated heterocycles. The lowest BCUT2D eigenvalue weighted by molar-refractivity contribution is 0.134. The molecule has 0 spiro atoms. The number of amides is 1. The summed E-state index contributed by atoms with van der Waals surface area (Å²) in [7, 11) is 0. The highest BCUT2D eigenvalue weighted by atomic mass is 16.2. The Hall–Kier alpha value is -3.78. The van der Waals surface area contributed by atoms with Crippen LogP contribution in [0.25, 0.3) is 27.6 Å². The second-order valence-electron chi connectivity index (χ2n) is 7.85. The maximum Gasteiger partial charge on any atom is 0.346 e. The van der Waals surface area contributed by atoms with Crippen LogP contribution in [0.5, 0.6) is 0 Å². The molecular weight excluding hydrogens is 390 g/mol. The number of carbonyl (C=O) groups excluding carboxylic acids is 1. The van der Waals surface area contributed by atoms with Crippen LogP contribution in [0.2, 0.25) is 0 Å². The summed E-state index contributed by atoms with van der Waals surface area (Å²) < 4.78 is 3.60. The average Bonchev–Trinajstić information content (AvgIpc) is 3.47. The Kier molecular flexibility index (Phi) is 4.17. The van der Waals surface area contributed by atoms with Crippen molar-refractivity contribution in [3.05, 3.63) is 72.6 Å². The van der Waals surface area contributed by atoms with Crippen LogP contribution in [-0.4, -0.2) is 66.4 Å². The molecule has 3 aromatic heterocycles. The van der Waals surface area contributed by atoms with Gasteiger partial charge in [0.2, 0.25) is 0 Å². The van der Waals surface area contributed by atoms with E-state index in [0.29, 0.717) is 13.1 Å². The van der Waals surface area contributed by atoms with Gasteiger partial charge in [-0.1, -0.05) is 29.5 Å². The Balaban J connectivity index is 1.20. The lowest BCUT2D eigenvalue weighted by atomic mass is 10.2. The van der Waals surface area contributed by atoms with Gasteiger partial charge in [-0.15, -0.1) is 5.10 Å². The van der Waals surface area contributed by atoms with Crippen LogP contribution < -0.4 is 0 Å². The van der Waals surface area contributed by atoms with Gasteiger partial charge in [0.15, 0.2) is 0 Å². The molecule has 31 heavy (non-hydrogen) atoms. The maximum atomic E-state index is 13.0. The van der Waals surface area contributed by atoms with Gasteiger partial charge in [-0.3, -0.25) is 4.90 Å². The van der Waals surface area contributed by atoms with E-state index in [0.717, 1.165) is 52.9 Å². The number of hydrogen-bond donors (Lipinski definition) is 0. The topological polar surface area (TPSA) is 71.6 Å². The fourth-order valence-corrected chi connectivity index (χ4v) is 4.36. The summed E-state index contributed by atoms with van der Waals surface area (Å²) in [4.78, 5) is 22.1. The summed E-state index contributed by atoms with van der Waals surface area (Å²) in [5.41, 5.74) is 5.77. The normalized spacial score (nSPS) is 15.3. The standard InChI is InChI=1S/C23H21N7O/c31-23(30-22-9-4-2-7-18(22)25-26-30)28-14-12-27(13-15-28)16-19-21-10-5-11-29(21)20-8-3-1-6-17(20)24-19/h1-11H,12-16H2. The van der Waals surface area contributed by atoms with Gasteiger partial charge in [0.05, 0.1) is 27.8 Å². The average molecular weight is 411 g/mol. The largest absolute Gasteiger partial charge is 0.346 e. The van der Waals surface area contributed by atoms with E-state index in [1.54, 1.807) is 0 Å². The smallest absolute Gasteiger partial charge is 0.320 e. The van der Waals surface area contributed by atoms with Crippen LogP contribution in [0.15, 0.2) is 66.9 Å². The SMILES string of the molecule is O=C(N1CCN(Cc2nc3ccccc3n3cccc23)CC1)n1nnc2ccccc21. The van der Waals surface area contributed by atoms with Crippen molar-refractivity contribution in [2.75, 3.05) is 26.2 Å².